The van der Waals surface area contributed by atoms with E-state index in [1.165, 1.54) is 0 Å². The van der Waals surface area contributed by atoms with Crippen molar-refractivity contribution in [2.24, 2.45) is 5.92 Å². The van der Waals surface area contributed by atoms with Crippen molar-refractivity contribution in [1.82, 2.24) is 9.55 Å². The number of rotatable bonds is 5. The molecule has 0 amide bonds. The van der Waals surface area contributed by atoms with Crippen molar-refractivity contribution in [3.63, 3.8) is 0 Å². The Morgan fingerprint density at radius 1 is 1.53 bits per heavy atom. The Hall–Kier alpha value is -1.55. The van der Waals surface area contributed by atoms with Gasteiger partial charge in [-0.2, -0.15) is 0 Å². The van der Waals surface area contributed by atoms with E-state index in [2.05, 4.69) is 9.55 Å². The molecular formula is C14H17ClN2O2. The average molecular weight is 281 g/mol. The lowest BCUT2D eigenvalue weighted by atomic mass is 10.0. The summed E-state index contributed by atoms with van der Waals surface area (Å²) in [5.74, 6) is 0.221. The average Bonchev–Trinajstić information content (AvgIpc) is 2.64. The fourth-order valence-electron chi connectivity index (χ4n) is 2.34. The van der Waals surface area contributed by atoms with Crippen molar-refractivity contribution in [1.29, 1.82) is 0 Å². The third-order valence-electron chi connectivity index (χ3n) is 3.16. The van der Waals surface area contributed by atoms with Crippen LogP contribution in [0.15, 0.2) is 18.2 Å². The van der Waals surface area contributed by atoms with Crippen molar-refractivity contribution >= 4 is 28.6 Å². The quantitative estimate of drug-likeness (QED) is 0.914. The molecule has 1 N–H and O–H groups in total. The van der Waals surface area contributed by atoms with E-state index in [0.717, 1.165) is 23.4 Å². The second kappa shape index (κ2) is 5.61. The van der Waals surface area contributed by atoms with Crippen LogP contribution < -0.4 is 0 Å². The molecule has 0 spiro atoms. The van der Waals surface area contributed by atoms with Gasteiger partial charge in [-0.25, -0.2) is 4.98 Å². The van der Waals surface area contributed by atoms with Gasteiger partial charge in [0.05, 0.1) is 11.0 Å². The van der Waals surface area contributed by atoms with Gasteiger partial charge in [-0.05, 0) is 31.0 Å². The molecule has 5 heteroatoms. The van der Waals surface area contributed by atoms with Crippen molar-refractivity contribution < 1.29 is 9.90 Å². The van der Waals surface area contributed by atoms with Crippen LogP contribution in [0.4, 0.5) is 0 Å². The number of imidazole rings is 1. The summed E-state index contributed by atoms with van der Waals surface area (Å²) in [5.41, 5.74) is 1.91. The van der Waals surface area contributed by atoms with E-state index in [-0.39, 0.29) is 12.3 Å². The van der Waals surface area contributed by atoms with Gasteiger partial charge in [-0.1, -0.05) is 18.5 Å². The number of carboxylic acids is 1. The minimum Gasteiger partial charge on any atom is -0.481 e. The number of hydrogen-bond donors (Lipinski definition) is 1. The van der Waals surface area contributed by atoms with Gasteiger partial charge in [0.15, 0.2) is 0 Å². The lowest BCUT2D eigenvalue weighted by Crippen LogP contribution is -2.11. The van der Waals surface area contributed by atoms with Gasteiger partial charge in [0.25, 0.3) is 0 Å². The highest BCUT2D eigenvalue weighted by atomic mass is 35.5. The Labute approximate surface area is 117 Å². The van der Waals surface area contributed by atoms with Crippen molar-refractivity contribution in [3.8, 4) is 0 Å². The van der Waals surface area contributed by atoms with Gasteiger partial charge >= 0.3 is 5.97 Å². The van der Waals surface area contributed by atoms with Crippen molar-refractivity contribution in [3.05, 3.63) is 29.0 Å². The first-order valence-electron chi connectivity index (χ1n) is 6.37. The number of aromatic nitrogens is 2. The summed E-state index contributed by atoms with van der Waals surface area (Å²) >= 11 is 6.01. The number of fused-ring (bicyclic) bond motifs is 1. The van der Waals surface area contributed by atoms with E-state index in [0.29, 0.717) is 11.4 Å². The van der Waals surface area contributed by atoms with E-state index in [1.807, 2.05) is 32.0 Å². The first kappa shape index (κ1) is 13.9. The first-order chi connectivity index (χ1) is 9.01. The Morgan fingerprint density at radius 3 is 2.89 bits per heavy atom. The molecule has 0 fully saturated rings. The smallest absolute Gasteiger partial charge is 0.303 e. The van der Waals surface area contributed by atoms with Crippen LogP contribution in [0.5, 0.6) is 0 Å². The maximum atomic E-state index is 10.7. The SMILES string of the molecule is CCn1c(CC(C)CC(=O)O)nc2ccc(Cl)cc21. The maximum Gasteiger partial charge on any atom is 0.303 e. The standard InChI is InChI=1S/C14H17ClN2O2/c1-3-17-12-8-10(15)4-5-11(12)16-13(17)6-9(2)7-14(18)19/h4-5,8-9H,3,6-7H2,1-2H3,(H,18,19). The summed E-state index contributed by atoms with van der Waals surface area (Å²) in [5, 5.41) is 9.51. The molecule has 0 aliphatic heterocycles. The fraction of sp³-hybridized carbons (Fsp3) is 0.429. The molecule has 0 saturated heterocycles. The van der Waals surface area contributed by atoms with Gasteiger partial charge in [0, 0.05) is 24.4 Å². The third kappa shape index (κ3) is 3.07. The summed E-state index contributed by atoms with van der Waals surface area (Å²) in [4.78, 5) is 15.3. The zero-order valence-electron chi connectivity index (χ0n) is 11.1. The van der Waals surface area contributed by atoms with Crippen LogP contribution in [-0.4, -0.2) is 20.6 Å². The number of carboxylic acid groups (broad SMARTS) is 1. The number of aryl methyl sites for hydroxylation is 1. The van der Waals surface area contributed by atoms with E-state index in [9.17, 15) is 4.79 Å². The maximum absolute atomic E-state index is 10.7. The Kier molecular flexibility index (Phi) is 4.10. The zero-order chi connectivity index (χ0) is 14.0. The van der Waals surface area contributed by atoms with Crippen molar-refractivity contribution in [2.75, 3.05) is 0 Å². The summed E-state index contributed by atoms with van der Waals surface area (Å²) in [6.07, 6.45) is 0.820. The first-order valence-corrected chi connectivity index (χ1v) is 6.75. The molecule has 1 heterocycles. The molecule has 2 rings (SSSR count). The van der Waals surface area contributed by atoms with Crippen LogP contribution in [0.2, 0.25) is 5.02 Å². The lowest BCUT2D eigenvalue weighted by molar-refractivity contribution is -0.137. The predicted molar refractivity (Wildman–Crippen MR) is 75.5 cm³/mol. The van der Waals surface area contributed by atoms with Crippen LogP contribution in [0.1, 0.15) is 26.1 Å². The highest BCUT2D eigenvalue weighted by Crippen LogP contribution is 2.22. The summed E-state index contributed by atoms with van der Waals surface area (Å²) in [7, 11) is 0. The number of aliphatic carboxylic acids is 1. The van der Waals surface area contributed by atoms with Crippen LogP contribution in [-0.2, 0) is 17.8 Å². The minimum absolute atomic E-state index is 0.0649. The molecule has 102 valence electrons. The molecule has 0 aliphatic rings. The van der Waals surface area contributed by atoms with Crippen LogP contribution in [0, 0.1) is 5.92 Å². The molecule has 1 aromatic carbocycles. The molecule has 0 radical (unpaired) electrons. The van der Waals surface area contributed by atoms with E-state index in [4.69, 9.17) is 16.7 Å². The molecular weight excluding hydrogens is 264 g/mol. The molecule has 4 nitrogen and oxygen atoms in total. The molecule has 0 bridgehead atoms. The molecule has 19 heavy (non-hydrogen) atoms. The normalized spacial score (nSPS) is 12.8. The Morgan fingerprint density at radius 2 is 2.26 bits per heavy atom. The molecule has 1 aromatic heterocycles. The second-order valence-electron chi connectivity index (χ2n) is 4.81. The van der Waals surface area contributed by atoms with Gasteiger partial charge in [0.1, 0.15) is 5.82 Å². The molecule has 0 aliphatic carbocycles. The number of nitrogens with zero attached hydrogens (tertiary/aromatic N) is 2. The van der Waals surface area contributed by atoms with Gasteiger partial charge in [-0.3, -0.25) is 4.79 Å². The third-order valence-corrected chi connectivity index (χ3v) is 3.39. The van der Waals surface area contributed by atoms with E-state index >= 15 is 0 Å². The Bertz CT molecular complexity index is 607. The highest BCUT2D eigenvalue weighted by Gasteiger charge is 2.15. The minimum atomic E-state index is -0.769. The summed E-state index contributed by atoms with van der Waals surface area (Å²) < 4.78 is 2.10. The number of halogens is 1. The highest BCUT2D eigenvalue weighted by molar-refractivity contribution is 6.31. The van der Waals surface area contributed by atoms with Crippen LogP contribution >= 0.6 is 11.6 Å². The van der Waals surface area contributed by atoms with Crippen molar-refractivity contribution in [2.45, 2.75) is 33.2 Å². The predicted octanol–water partition coefficient (Wildman–Crippen LogP) is 3.36. The van der Waals surface area contributed by atoms with Gasteiger partial charge in [0.2, 0.25) is 0 Å². The summed E-state index contributed by atoms with van der Waals surface area (Å²) in [6, 6.07) is 5.62. The fourth-order valence-corrected chi connectivity index (χ4v) is 2.50. The van der Waals surface area contributed by atoms with Gasteiger partial charge < -0.3 is 9.67 Å². The molecule has 2 aromatic rings. The number of hydrogen-bond acceptors (Lipinski definition) is 2. The Balaban J connectivity index is 2.35. The lowest BCUT2D eigenvalue weighted by Gasteiger charge is -2.10. The molecule has 0 saturated carbocycles. The number of benzene rings is 1. The largest absolute Gasteiger partial charge is 0.481 e. The van der Waals surface area contributed by atoms with Gasteiger partial charge in [-0.15, -0.1) is 0 Å². The topological polar surface area (TPSA) is 55.1 Å². The zero-order valence-corrected chi connectivity index (χ0v) is 11.8. The second-order valence-corrected chi connectivity index (χ2v) is 5.25. The van der Waals surface area contributed by atoms with E-state index in [1.54, 1.807) is 0 Å². The molecule has 1 atom stereocenters. The van der Waals surface area contributed by atoms with E-state index < -0.39 is 5.97 Å². The summed E-state index contributed by atoms with van der Waals surface area (Å²) in [6.45, 7) is 4.78. The van der Waals surface area contributed by atoms with Crippen LogP contribution in [0.25, 0.3) is 11.0 Å². The monoisotopic (exact) mass is 280 g/mol. The van der Waals surface area contributed by atoms with Crippen LogP contribution in [0.3, 0.4) is 0 Å². The molecule has 1 unspecified atom stereocenters. The number of carbonyl (C=O) groups is 1.